The first kappa shape index (κ1) is 3.00. The molecule has 1 aromatic carbocycles. The molecule has 2 nitrogen and oxygen atoms in total. The number of para-hydroxylation sites is 1. The zero-order valence-corrected chi connectivity index (χ0v) is 7.36. The van der Waals surface area contributed by atoms with Crippen LogP contribution >= 0.6 is 15.9 Å². The van der Waals surface area contributed by atoms with Gasteiger partial charge in [0, 0.05) is 6.17 Å². The van der Waals surface area contributed by atoms with Gasteiger partial charge < -0.3 is 0 Å². The van der Waals surface area contributed by atoms with Crippen molar-refractivity contribution in [2.24, 2.45) is 0 Å². The first-order chi connectivity index (χ1) is 8.77. The van der Waals surface area contributed by atoms with Gasteiger partial charge in [-0.3, -0.25) is 0 Å². The first-order valence-electron chi connectivity index (χ1n) is 6.56. The highest BCUT2D eigenvalue weighted by Crippen LogP contribution is 2.11. The summed E-state index contributed by atoms with van der Waals surface area (Å²) in [5, 5.41) is 3.69. The lowest BCUT2D eigenvalue weighted by Gasteiger charge is -1.97. The molecule has 0 spiro atoms. The Bertz CT molecular complexity index is 653. The van der Waals surface area contributed by atoms with Crippen molar-refractivity contribution in [3.8, 4) is 5.69 Å². The topological polar surface area (TPSA) is 17.8 Å². The Labute approximate surface area is 88.8 Å². The van der Waals surface area contributed by atoms with Crippen LogP contribution in [0.2, 0.25) is 0 Å². The average Bonchev–Trinajstić information content (AvgIpc) is 2.62. The van der Waals surface area contributed by atoms with Gasteiger partial charge >= 0.3 is 0 Å². The van der Waals surface area contributed by atoms with Crippen molar-refractivity contribution in [2.75, 3.05) is 0 Å². The fourth-order valence-corrected chi connectivity index (χ4v) is 0.939. The van der Waals surface area contributed by atoms with E-state index in [0.717, 1.165) is 4.68 Å². The third-order valence-electron chi connectivity index (χ3n) is 1.15. The van der Waals surface area contributed by atoms with Gasteiger partial charge in [-0.05, 0) is 28.0 Å². The Morgan fingerprint density at radius 2 is 2.08 bits per heavy atom. The highest BCUT2D eigenvalue weighted by molar-refractivity contribution is 9.10. The molecule has 0 N–H and O–H groups in total. The minimum absolute atomic E-state index is 0.0966. The van der Waals surface area contributed by atoms with Gasteiger partial charge in [-0.15, -0.1) is 0 Å². The summed E-state index contributed by atoms with van der Waals surface area (Å²) in [7, 11) is 0. The van der Waals surface area contributed by atoms with Gasteiger partial charge in [-0.2, -0.15) is 5.10 Å². The number of benzene rings is 1. The summed E-state index contributed by atoms with van der Waals surface area (Å²) >= 11 is 2.99. The van der Waals surface area contributed by atoms with Crippen LogP contribution in [-0.2, 0) is 0 Å². The number of aromatic nitrogens is 2. The fraction of sp³-hybridized carbons (Fsp3) is 0. The van der Waals surface area contributed by atoms with Crippen LogP contribution in [0.1, 0.15) is 9.60 Å². The lowest BCUT2D eigenvalue weighted by atomic mass is 10.3. The van der Waals surface area contributed by atoms with Gasteiger partial charge in [-0.1, -0.05) is 18.1 Å². The van der Waals surface area contributed by atoms with E-state index in [0.29, 0.717) is 0 Å². The van der Waals surface area contributed by atoms with E-state index < -0.39 is 30.2 Å². The molecule has 0 radical (unpaired) electrons. The van der Waals surface area contributed by atoms with Crippen LogP contribution in [-0.4, -0.2) is 9.78 Å². The van der Waals surface area contributed by atoms with Gasteiger partial charge in [0.25, 0.3) is 0 Å². The van der Waals surface area contributed by atoms with Gasteiger partial charge in [-0.25, -0.2) is 4.68 Å². The standard InChI is InChI=1S/C9H7BrN2/c10-8-6-11-12(7-8)9-4-2-1-3-5-9/h1-7H/i1D,2D,3D,4D,5D,6D,7D. The number of hydrogen-bond donors (Lipinski definition) is 0. The molecule has 2 rings (SSSR count). The van der Waals surface area contributed by atoms with Crippen molar-refractivity contribution < 1.29 is 9.60 Å². The van der Waals surface area contributed by atoms with Crippen molar-refractivity contribution >= 4 is 15.9 Å². The van der Waals surface area contributed by atoms with Crippen LogP contribution in [0.3, 0.4) is 0 Å². The van der Waals surface area contributed by atoms with Crippen molar-refractivity contribution in [3.05, 3.63) is 47.0 Å². The van der Waals surface area contributed by atoms with E-state index in [1.165, 1.54) is 0 Å². The second-order valence-corrected chi connectivity index (χ2v) is 2.72. The van der Waals surface area contributed by atoms with Crippen LogP contribution in [0.15, 0.2) is 47.0 Å². The predicted molar refractivity (Wildman–Crippen MR) is 51.3 cm³/mol. The van der Waals surface area contributed by atoms with Crippen molar-refractivity contribution in [1.82, 2.24) is 9.78 Å². The molecule has 0 saturated carbocycles. The molecule has 0 atom stereocenters. The maximum atomic E-state index is 7.76. The molecule has 12 heavy (non-hydrogen) atoms. The van der Waals surface area contributed by atoms with Crippen molar-refractivity contribution in [2.45, 2.75) is 0 Å². The normalized spacial score (nSPS) is 18.2. The molecule has 3 heteroatoms. The molecule has 0 amide bonds. The highest BCUT2D eigenvalue weighted by Gasteiger charge is 1.95. The number of halogens is 1. The number of rotatable bonds is 1. The minimum Gasteiger partial charge on any atom is -0.240 e. The van der Waals surface area contributed by atoms with E-state index in [1.807, 2.05) is 0 Å². The average molecular weight is 230 g/mol. The minimum atomic E-state index is -0.511. The van der Waals surface area contributed by atoms with Crippen LogP contribution in [0.5, 0.6) is 0 Å². The van der Waals surface area contributed by atoms with Crippen LogP contribution in [0.25, 0.3) is 5.69 Å². The van der Waals surface area contributed by atoms with Gasteiger partial charge in [0.05, 0.1) is 25.9 Å². The molecule has 0 bridgehead atoms. The van der Waals surface area contributed by atoms with E-state index in [4.69, 9.17) is 9.60 Å². The molecule has 1 heterocycles. The lowest BCUT2D eigenvalue weighted by Crippen LogP contribution is -1.92. The van der Waals surface area contributed by atoms with Crippen LogP contribution in [0, 0.1) is 0 Å². The Hall–Kier alpha value is -1.09. The Morgan fingerprint density at radius 1 is 1.33 bits per heavy atom. The van der Waals surface area contributed by atoms with E-state index in [-0.39, 0.29) is 22.5 Å². The molecule has 0 saturated heterocycles. The van der Waals surface area contributed by atoms with Gasteiger partial charge in [0.1, 0.15) is 0 Å². The maximum absolute atomic E-state index is 7.76. The summed E-state index contributed by atoms with van der Waals surface area (Å²) in [6.45, 7) is 0. The number of hydrogen-bond acceptors (Lipinski definition) is 1. The summed E-state index contributed by atoms with van der Waals surface area (Å²) in [6, 6.07) is -2.45. The molecule has 1 aromatic heterocycles. The molecule has 0 aliphatic heterocycles. The third kappa shape index (κ3) is 1.41. The van der Waals surface area contributed by atoms with E-state index in [1.54, 1.807) is 0 Å². The second-order valence-electron chi connectivity index (χ2n) is 1.92. The summed E-state index contributed by atoms with van der Waals surface area (Å²) in [5.74, 6) is 0. The second kappa shape index (κ2) is 3.11. The Balaban J connectivity index is 2.87. The lowest BCUT2D eigenvalue weighted by molar-refractivity contribution is 0.880. The zero-order chi connectivity index (χ0) is 14.5. The molecule has 0 unspecified atom stereocenters. The Kier molecular flexibility index (Phi) is 0.776. The quantitative estimate of drug-likeness (QED) is 0.736. The largest absolute Gasteiger partial charge is 0.240 e. The van der Waals surface area contributed by atoms with Gasteiger partial charge in [0.2, 0.25) is 0 Å². The van der Waals surface area contributed by atoms with Gasteiger partial charge in [0.15, 0.2) is 0 Å². The molecular weight excluding hydrogens is 216 g/mol. The highest BCUT2D eigenvalue weighted by atomic mass is 79.9. The summed E-state index contributed by atoms with van der Waals surface area (Å²) in [6.07, 6.45) is -0.486. The summed E-state index contributed by atoms with van der Waals surface area (Å²) < 4.78 is 54.2. The summed E-state index contributed by atoms with van der Waals surface area (Å²) in [5.41, 5.74) is -0.241. The third-order valence-corrected chi connectivity index (χ3v) is 1.51. The Morgan fingerprint density at radius 3 is 2.67 bits per heavy atom. The van der Waals surface area contributed by atoms with Crippen molar-refractivity contribution in [1.29, 1.82) is 0 Å². The van der Waals surface area contributed by atoms with E-state index in [9.17, 15) is 0 Å². The molecular formula is C9H7BrN2. The molecule has 0 aliphatic carbocycles. The predicted octanol–water partition coefficient (Wildman–Crippen LogP) is 2.63. The zero-order valence-electron chi connectivity index (χ0n) is 12.8. The monoisotopic (exact) mass is 229 g/mol. The number of nitrogens with zero attached hydrogens (tertiary/aromatic N) is 2. The molecule has 60 valence electrons. The smallest absolute Gasteiger partial charge is 0.0872 e. The molecule has 0 aliphatic rings. The van der Waals surface area contributed by atoms with E-state index in [2.05, 4.69) is 21.0 Å². The van der Waals surface area contributed by atoms with Crippen molar-refractivity contribution in [3.63, 3.8) is 0 Å². The first-order valence-corrected chi connectivity index (χ1v) is 3.85. The molecule has 2 aromatic rings. The fourth-order valence-electron chi connectivity index (χ4n) is 0.692. The van der Waals surface area contributed by atoms with Crippen LogP contribution in [0.4, 0.5) is 0 Å². The maximum Gasteiger partial charge on any atom is 0.0872 e. The van der Waals surface area contributed by atoms with Crippen LogP contribution < -0.4 is 0 Å². The summed E-state index contributed by atoms with van der Waals surface area (Å²) in [4.78, 5) is 0. The van der Waals surface area contributed by atoms with E-state index >= 15 is 0 Å². The molecule has 0 fully saturated rings. The SMILES string of the molecule is [2H]c1nn(-c2c([2H])c([2H])c([2H])c([2H])c2[2H])c([2H])c1Br.